The van der Waals surface area contributed by atoms with Crippen LogP contribution in [0.4, 0.5) is 0 Å². The third kappa shape index (κ3) is 5.22. The number of aliphatic hydroxyl groups excluding tert-OH is 1. The van der Waals surface area contributed by atoms with Crippen LogP contribution in [-0.4, -0.2) is 30.9 Å². The number of hydrogen-bond acceptors (Lipinski definition) is 5. The summed E-state index contributed by atoms with van der Waals surface area (Å²) in [6, 6.07) is 0. The van der Waals surface area contributed by atoms with E-state index in [1.165, 1.54) is 0 Å². The van der Waals surface area contributed by atoms with Crippen molar-refractivity contribution in [1.82, 2.24) is 0 Å². The third-order valence-electron chi connectivity index (χ3n) is 0.587. The Balaban J connectivity index is 2.97. The summed E-state index contributed by atoms with van der Waals surface area (Å²) in [5.74, 6) is 3.81. The summed E-state index contributed by atoms with van der Waals surface area (Å²) in [5, 5.41) is 8.14. The average molecular weight is 135 g/mol. The minimum Gasteiger partial charge on any atom is -0.394 e. The lowest BCUT2D eigenvalue weighted by Gasteiger charge is -1.97. The van der Waals surface area contributed by atoms with Gasteiger partial charge in [-0.2, -0.15) is 5.90 Å². The largest absolute Gasteiger partial charge is 0.394 e. The highest BCUT2D eigenvalue weighted by atomic mass is 16.7. The number of carbonyl (C=O) groups is 1. The molecule has 0 atom stereocenters. The van der Waals surface area contributed by atoms with E-state index >= 15 is 0 Å². The molecular formula is C4H9NO4. The van der Waals surface area contributed by atoms with Crippen LogP contribution in [0.15, 0.2) is 0 Å². The molecule has 0 aromatic heterocycles. The second kappa shape index (κ2) is 5.49. The Kier molecular flexibility index (Phi) is 5.09. The fourth-order valence-corrected chi connectivity index (χ4v) is 0.254. The zero-order valence-corrected chi connectivity index (χ0v) is 4.87. The Morgan fingerprint density at radius 2 is 2.33 bits per heavy atom. The van der Waals surface area contributed by atoms with Crippen molar-refractivity contribution in [1.29, 1.82) is 0 Å². The second-order valence-corrected chi connectivity index (χ2v) is 1.27. The first-order valence-electron chi connectivity index (χ1n) is 2.39. The van der Waals surface area contributed by atoms with Crippen LogP contribution in [0.3, 0.4) is 0 Å². The maximum Gasteiger partial charge on any atom is 0.350 e. The molecule has 0 aliphatic heterocycles. The number of rotatable bonds is 4. The number of nitrogens with two attached hydrogens (primary N) is 1. The van der Waals surface area contributed by atoms with Crippen molar-refractivity contribution in [2.24, 2.45) is 5.90 Å². The highest BCUT2D eigenvalue weighted by Gasteiger charge is 1.97. The van der Waals surface area contributed by atoms with Crippen LogP contribution >= 0.6 is 0 Å². The molecule has 0 spiro atoms. The zero-order valence-electron chi connectivity index (χ0n) is 4.87. The van der Waals surface area contributed by atoms with E-state index in [0.717, 1.165) is 0 Å². The Hall–Kier alpha value is -0.650. The van der Waals surface area contributed by atoms with Gasteiger partial charge in [-0.05, 0) is 0 Å². The Morgan fingerprint density at radius 3 is 2.78 bits per heavy atom. The first-order valence-corrected chi connectivity index (χ1v) is 2.39. The van der Waals surface area contributed by atoms with Gasteiger partial charge in [0.15, 0.2) is 0 Å². The standard InChI is InChI=1S/C4H9NO4/c5-9-4(7)3-8-2-1-6/h6H,1-3,5H2. The van der Waals surface area contributed by atoms with Crippen molar-refractivity contribution >= 4 is 5.97 Å². The van der Waals surface area contributed by atoms with Gasteiger partial charge >= 0.3 is 5.97 Å². The van der Waals surface area contributed by atoms with Crippen molar-refractivity contribution in [2.45, 2.75) is 0 Å². The highest BCUT2D eigenvalue weighted by Crippen LogP contribution is 1.74. The molecule has 0 unspecified atom stereocenters. The molecule has 0 aromatic carbocycles. The molecule has 54 valence electrons. The van der Waals surface area contributed by atoms with Crippen molar-refractivity contribution in [3.63, 3.8) is 0 Å². The monoisotopic (exact) mass is 135 g/mol. The summed E-state index contributed by atoms with van der Waals surface area (Å²) in [6.07, 6.45) is 0. The molecule has 5 nitrogen and oxygen atoms in total. The normalized spacial score (nSPS) is 9.11. The first-order chi connectivity index (χ1) is 4.31. The van der Waals surface area contributed by atoms with E-state index in [1.54, 1.807) is 0 Å². The van der Waals surface area contributed by atoms with Crippen LogP contribution in [0.5, 0.6) is 0 Å². The van der Waals surface area contributed by atoms with E-state index in [0.29, 0.717) is 0 Å². The smallest absolute Gasteiger partial charge is 0.350 e. The molecular weight excluding hydrogens is 126 g/mol. The lowest BCUT2D eigenvalue weighted by atomic mass is 10.7. The number of hydrogen-bond donors (Lipinski definition) is 2. The molecule has 0 saturated carbocycles. The molecule has 0 aromatic rings. The van der Waals surface area contributed by atoms with Crippen molar-refractivity contribution in [3.05, 3.63) is 0 Å². The van der Waals surface area contributed by atoms with Gasteiger partial charge in [-0.3, -0.25) is 0 Å². The molecule has 9 heavy (non-hydrogen) atoms. The van der Waals surface area contributed by atoms with Gasteiger partial charge in [-0.1, -0.05) is 0 Å². The molecule has 3 N–H and O–H groups in total. The molecule has 5 heteroatoms. The van der Waals surface area contributed by atoms with Gasteiger partial charge < -0.3 is 14.7 Å². The maximum atomic E-state index is 10.1. The molecule has 0 aliphatic rings. The quantitative estimate of drug-likeness (QED) is 0.359. The van der Waals surface area contributed by atoms with Gasteiger partial charge in [0.05, 0.1) is 13.2 Å². The third-order valence-corrected chi connectivity index (χ3v) is 0.587. The van der Waals surface area contributed by atoms with Crippen LogP contribution in [0.1, 0.15) is 0 Å². The topological polar surface area (TPSA) is 81.8 Å². The second-order valence-electron chi connectivity index (χ2n) is 1.27. The number of carbonyl (C=O) groups excluding carboxylic acids is 1. The van der Waals surface area contributed by atoms with Crippen LogP contribution in [-0.2, 0) is 14.4 Å². The molecule has 0 aliphatic carbocycles. The molecule has 0 rings (SSSR count). The predicted octanol–water partition coefficient (Wildman–Crippen LogP) is -1.59. The molecule has 0 saturated heterocycles. The van der Waals surface area contributed by atoms with Gasteiger partial charge in [-0.25, -0.2) is 4.79 Å². The number of aliphatic hydroxyl groups is 1. The minimum absolute atomic E-state index is 0.113. The van der Waals surface area contributed by atoms with Crippen LogP contribution < -0.4 is 5.90 Å². The van der Waals surface area contributed by atoms with Crippen LogP contribution in [0, 0.1) is 0 Å². The maximum absolute atomic E-state index is 10.1. The van der Waals surface area contributed by atoms with Gasteiger partial charge in [0, 0.05) is 0 Å². The van der Waals surface area contributed by atoms with E-state index in [-0.39, 0.29) is 19.8 Å². The van der Waals surface area contributed by atoms with Crippen molar-refractivity contribution in [2.75, 3.05) is 19.8 Å². The fraction of sp³-hybridized carbons (Fsp3) is 0.750. The summed E-state index contributed by atoms with van der Waals surface area (Å²) in [5.41, 5.74) is 0. The summed E-state index contributed by atoms with van der Waals surface area (Å²) in [7, 11) is 0. The average Bonchev–Trinajstić information content (AvgIpc) is 1.89. The Morgan fingerprint density at radius 1 is 1.67 bits per heavy atom. The zero-order chi connectivity index (χ0) is 7.11. The SMILES string of the molecule is NOC(=O)COCCO. The summed E-state index contributed by atoms with van der Waals surface area (Å²) in [6.45, 7) is -0.204. The molecule has 0 heterocycles. The molecule has 0 fully saturated rings. The molecule has 0 amide bonds. The van der Waals surface area contributed by atoms with Crippen LogP contribution in [0.25, 0.3) is 0 Å². The summed E-state index contributed by atoms with van der Waals surface area (Å²) >= 11 is 0. The van der Waals surface area contributed by atoms with Crippen molar-refractivity contribution < 1.29 is 19.5 Å². The summed E-state index contributed by atoms with van der Waals surface area (Å²) in [4.78, 5) is 13.9. The predicted molar refractivity (Wildman–Crippen MR) is 28.2 cm³/mol. The van der Waals surface area contributed by atoms with E-state index in [2.05, 4.69) is 15.5 Å². The van der Waals surface area contributed by atoms with E-state index in [9.17, 15) is 4.79 Å². The van der Waals surface area contributed by atoms with Gasteiger partial charge in [-0.15, -0.1) is 0 Å². The lowest BCUT2D eigenvalue weighted by Crippen LogP contribution is -2.17. The lowest BCUT2D eigenvalue weighted by molar-refractivity contribution is -0.149. The van der Waals surface area contributed by atoms with Crippen molar-refractivity contribution in [3.8, 4) is 0 Å². The van der Waals surface area contributed by atoms with Gasteiger partial charge in [0.25, 0.3) is 0 Å². The molecule has 0 bridgehead atoms. The summed E-state index contributed by atoms with van der Waals surface area (Å²) < 4.78 is 4.53. The highest BCUT2D eigenvalue weighted by molar-refractivity contribution is 5.70. The first kappa shape index (κ1) is 8.35. The Bertz CT molecular complexity index is 84.6. The van der Waals surface area contributed by atoms with Gasteiger partial charge in [0.1, 0.15) is 6.61 Å². The van der Waals surface area contributed by atoms with Gasteiger partial charge in [0.2, 0.25) is 0 Å². The van der Waals surface area contributed by atoms with Crippen LogP contribution in [0.2, 0.25) is 0 Å². The number of ether oxygens (including phenoxy) is 1. The minimum atomic E-state index is -0.650. The van der Waals surface area contributed by atoms with E-state index < -0.39 is 5.97 Å². The Labute approximate surface area is 52.3 Å². The van der Waals surface area contributed by atoms with E-state index in [4.69, 9.17) is 5.11 Å². The fourth-order valence-electron chi connectivity index (χ4n) is 0.254. The van der Waals surface area contributed by atoms with E-state index in [1.807, 2.05) is 0 Å². The molecule has 0 radical (unpaired) electrons.